The van der Waals surface area contributed by atoms with E-state index in [1.807, 2.05) is 37.3 Å². The van der Waals surface area contributed by atoms with Gasteiger partial charge >= 0.3 is 0 Å². The van der Waals surface area contributed by atoms with E-state index < -0.39 is 5.54 Å². The lowest BCUT2D eigenvalue weighted by Crippen LogP contribution is -2.59. The zero-order valence-electron chi connectivity index (χ0n) is 8.21. The number of hydrogen-bond donors (Lipinski definition) is 2. The summed E-state index contributed by atoms with van der Waals surface area (Å²) in [6.07, 6.45) is 0. The van der Waals surface area contributed by atoms with E-state index in [1.165, 1.54) is 0 Å². The van der Waals surface area contributed by atoms with Gasteiger partial charge in [0.1, 0.15) is 5.54 Å². The number of carbonyl (C=O) groups excluding carboxylic acids is 1. The molecule has 3 heteroatoms. The molecule has 0 radical (unpaired) electrons. The zero-order chi connectivity index (χ0) is 10.0. The Labute approximate surface area is 83.5 Å². The minimum atomic E-state index is -0.570. The third-order valence-electron chi connectivity index (χ3n) is 2.69. The first-order valence-corrected chi connectivity index (χ1v) is 4.82. The smallest absolute Gasteiger partial charge is 0.244 e. The lowest BCUT2D eigenvalue weighted by atomic mass is 9.90. The Balaban J connectivity index is 2.35. The Hall–Kier alpha value is -1.35. The molecule has 1 saturated heterocycles. The van der Waals surface area contributed by atoms with Crippen LogP contribution in [0.25, 0.3) is 0 Å². The fraction of sp³-hybridized carbons (Fsp3) is 0.364. The van der Waals surface area contributed by atoms with Gasteiger partial charge in [-0.1, -0.05) is 30.3 Å². The van der Waals surface area contributed by atoms with Crippen LogP contribution in [0.5, 0.6) is 0 Å². The van der Waals surface area contributed by atoms with Crippen molar-refractivity contribution in [2.75, 3.05) is 13.1 Å². The summed E-state index contributed by atoms with van der Waals surface area (Å²) in [5, 5.41) is 6.12. The Morgan fingerprint density at radius 1 is 1.21 bits per heavy atom. The van der Waals surface area contributed by atoms with Crippen molar-refractivity contribution >= 4 is 5.91 Å². The van der Waals surface area contributed by atoms with Gasteiger partial charge in [-0.3, -0.25) is 10.1 Å². The fourth-order valence-electron chi connectivity index (χ4n) is 1.75. The molecule has 3 nitrogen and oxygen atoms in total. The van der Waals surface area contributed by atoms with E-state index in [0.717, 1.165) is 12.1 Å². The maximum Gasteiger partial charge on any atom is 0.244 e. The molecule has 0 bridgehead atoms. The van der Waals surface area contributed by atoms with Crippen LogP contribution < -0.4 is 10.6 Å². The normalized spacial score (nSPS) is 27.1. The Morgan fingerprint density at radius 2 is 1.93 bits per heavy atom. The average molecular weight is 190 g/mol. The first-order valence-electron chi connectivity index (χ1n) is 4.82. The highest BCUT2D eigenvalue weighted by Crippen LogP contribution is 2.21. The standard InChI is InChI=1S/C11H14N2O/c1-11(9-5-3-2-4-6-9)10(14)12-7-8-13-11/h2-6,13H,7-8H2,1H3,(H,12,14). The first kappa shape index (κ1) is 9.21. The summed E-state index contributed by atoms with van der Waals surface area (Å²) in [6.45, 7) is 3.44. The molecule has 74 valence electrons. The monoisotopic (exact) mass is 190 g/mol. The van der Waals surface area contributed by atoms with Gasteiger partial charge in [0, 0.05) is 13.1 Å². The van der Waals surface area contributed by atoms with Gasteiger partial charge in [-0.25, -0.2) is 0 Å². The topological polar surface area (TPSA) is 41.1 Å². The molecule has 2 N–H and O–H groups in total. The van der Waals surface area contributed by atoms with Crippen LogP contribution in [0.2, 0.25) is 0 Å². The molecule has 1 fully saturated rings. The van der Waals surface area contributed by atoms with Crippen molar-refractivity contribution in [2.45, 2.75) is 12.5 Å². The molecule has 1 aromatic carbocycles. The molecule has 14 heavy (non-hydrogen) atoms. The van der Waals surface area contributed by atoms with Gasteiger partial charge in [0.25, 0.3) is 0 Å². The average Bonchev–Trinajstić information content (AvgIpc) is 2.24. The summed E-state index contributed by atoms with van der Waals surface area (Å²) in [5.74, 6) is 0.0509. The number of amides is 1. The van der Waals surface area contributed by atoms with Gasteiger partial charge < -0.3 is 5.32 Å². The highest BCUT2D eigenvalue weighted by Gasteiger charge is 2.36. The summed E-state index contributed by atoms with van der Waals surface area (Å²) >= 11 is 0. The second-order valence-corrected chi connectivity index (χ2v) is 3.67. The Kier molecular flexibility index (Phi) is 2.25. The number of hydrogen-bond acceptors (Lipinski definition) is 2. The molecule has 0 saturated carbocycles. The second-order valence-electron chi connectivity index (χ2n) is 3.67. The predicted octanol–water partition coefficient (Wildman–Crippen LogP) is 0.621. The maximum absolute atomic E-state index is 11.7. The number of rotatable bonds is 1. The van der Waals surface area contributed by atoms with Crippen molar-refractivity contribution in [3.63, 3.8) is 0 Å². The largest absolute Gasteiger partial charge is 0.353 e. The van der Waals surface area contributed by atoms with E-state index in [0.29, 0.717) is 6.54 Å². The molecule has 1 aromatic rings. The van der Waals surface area contributed by atoms with Gasteiger partial charge in [-0.05, 0) is 12.5 Å². The summed E-state index contributed by atoms with van der Waals surface area (Å²) in [4.78, 5) is 11.7. The van der Waals surface area contributed by atoms with Crippen molar-refractivity contribution in [1.29, 1.82) is 0 Å². The minimum Gasteiger partial charge on any atom is -0.353 e. The number of nitrogens with one attached hydrogen (secondary N) is 2. The van der Waals surface area contributed by atoms with Crippen LogP contribution in [0, 0.1) is 0 Å². The molecule has 0 spiro atoms. The predicted molar refractivity (Wildman–Crippen MR) is 54.8 cm³/mol. The molecule has 1 aliphatic rings. The summed E-state index contributed by atoms with van der Waals surface area (Å²) in [5.41, 5.74) is 0.441. The lowest BCUT2D eigenvalue weighted by Gasteiger charge is -2.34. The molecule has 1 atom stereocenters. The lowest BCUT2D eigenvalue weighted by molar-refractivity contribution is -0.128. The minimum absolute atomic E-state index is 0.0509. The van der Waals surface area contributed by atoms with Crippen molar-refractivity contribution < 1.29 is 4.79 Å². The van der Waals surface area contributed by atoms with Crippen LogP contribution >= 0.6 is 0 Å². The molecule has 0 aliphatic carbocycles. The highest BCUT2D eigenvalue weighted by molar-refractivity contribution is 5.87. The van der Waals surface area contributed by atoms with Crippen LogP contribution in [-0.4, -0.2) is 19.0 Å². The van der Waals surface area contributed by atoms with Crippen molar-refractivity contribution in [3.05, 3.63) is 35.9 Å². The molecule has 2 rings (SSSR count). The van der Waals surface area contributed by atoms with Crippen molar-refractivity contribution in [3.8, 4) is 0 Å². The number of piperazine rings is 1. The second kappa shape index (κ2) is 3.42. The van der Waals surface area contributed by atoms with Crippen LogP contribution in [0.3, 0.4) is 0 Å². The van der Waals surface area contributed by atoms with Crippen LogP contribution in [0.1, 0.15) is 12.5 Å². The molecular formula is C11H14N2O. The maximum atomic E-state index is 11.7. The van der Waals surface area contributed by atoms with Gasteiger partial charge in [-0.2, -0.15) is 0 Å². The zero-order valence-corrected chi connectivity index (χ0v) is 8.21. The Morgan fingerprint density at radius 3 is 2.57 bits per heavy atom. The van der Waals surface area contributed by atoms with Gasteiger partial charge in [-0.15, -0.1) is 0 Å². The van der Waals surface area contributed by atoms with E-state index in [1.54, 1.807) is 0 Å². The van der Waals surface area contributed by atoms with Crippen LogP contribution in [0.15, 0.2) is 30.3 Å². The van der Waals surface area contributed by atoms with Gasteiger partial charge in [0.15, 0.2) is 0 Å². The first-order chi connectivity index (χ1) is 6.73. The molecule has 0 aromatic heterocycles. The molecule has 1 heterocycles. The van der Waals surface area contributed by atoms with E-state index in [4.69, 9.17) is 0 Å². The SMILES string of the molecule is CC1(c2ccccc2)NCCNC1=O. The van der Waals surface area contributed by atoms with Crippen LogP contribution in [0.4, 0.5) is 0 Å². The molecule has 1 aliphatic heterocycles. The van der Waals surface area contributed by atoms with Gasteiger partial charge in [0.05, 0.1) is 0 Å². The molecular weight excluding hydrogens is 176 g/mol. The van der Waals surface area contributed by atoms with E-state index in [9.17, 15) is 4.79 Å². The summed E-state index contributed by atoms with van der Waals surface area (Å²) < 4.78 is 0. The molecule has 1 unspecified atom stereocenters. The van der Waals surface area contributed by atoms with Gasteiger partial charge in [0.2, 0.25) is 5.91 Å². The van der Waals surface area contributed by atoms with E-state index in [-0.39, 0.29) is 5.91 Å². The Bertz CT molecular complexity index is 336. The fourth-order valence-corrected chi connectivity index (χ4v) is 1.75. The number of carbonyl (C=O) groups is 1. The van der Waals surface area contributed by atoms with Crippen molar-refractivity contribution in [2.24, 2.45) is 0 Å². The van der Waals surface area contributed by atoms with Crippen LogP contribution in [-0.2, 0) is 10.3 Å². The number of benzene rings is 1. The third kappa shape index (κ3) is 1.40. The van der Waals surface area contributed by atoms with E-state index >= 15 is 0 Å². The van der Waals surface area contributed by atoms with E-state index in [2.05, 4.69) is 10.6 Å². The molecule has 1 amide bonds. The summed E-state index contributed by atoms with van der Waals surface area (Å²) in [6, 6.07) is 9.79. The summed E-state index contributed by atoms with van der Waals surface area (Å²) in [7, 11) is 0. The highest BCUT2D eigenvalue weighted by atomic mass is 16.2. The third-order valence-corrected chi connectivity index (χ3v) is 2.69. The van der Waals surface area contributed by atoms with Crippen molar-refractivity contribution in [1.82, 2.24) is 10.6 Å². The quantitative estimate of drug-likeness (QED) is 0.681.